The van der Waals surface area contributed by atoms with Gasteiger partial charge < -0.3 is 16.5 Å². The zero-order valence-corrected chi connectivity index (χ0v) is 14.6. The number of nitrogens with one attached hydrogen (secondary N) is 3. The average Bonchev–Trinajstić information content (AvgIpc) is 3.20. The highest BCUT2D eigenvalue weighted by Gasteiger charge is 2.42. The van der Waals surface area contributed by atoms with Crippen LogP contribution in [0, 0.1) is 12.8 Å². The van der Waals surface area contributed by atoms with Crippen LogP contribution >= 0.6 is 0 Å². The Hall–Kier alpha value is -2.34. The minimum Gasteiger partial charge on any atom is -0.374 e. The Labute approximate surface area is 147 Å². The van der Waals surface area contributed by atoms with E-state index in [-0.39, 0.29) is 18.1 Å². The summed E-state index contributed by atoms with van der Waals surface area (Å²) in [4.78, 5) is 0. The smallest absolute Gasteiger partial charge is 0.0766 e. The van der Waals surface area contributed by atoms with Crippen LogP contribution in [0.1, 0.15) is 43.5 Å². The molecular weight excluding hydrogens is 312 g/mol. The number of rotatable bonds is 1. The molecular formula is C19H24N6. The summed E-state index contributed by atoms with van der Waals surface area (Å²) in [6.45, 7) is 4.21. The van der Waals surface area contributed by atoms with Gasteiger partial charge in [0.2, 0.25) is 0 Å². The third-order valence-electron chi connectivity index (χ3n) is 6.06. The maximum Gasteiger partial charge on any atom is 0.0766 e. The summed E-state index contributed by atoms with van der Waals surface area (Å²) >= 11 is 0. The topological polar surface area (TPSA) is 91.1 Å². The van der Waals surface area contributed by atoms with Crippen LogP contribution in [0.15, 0.2) is 45.9 Å². The lowest BCUT2D eigenvalue weighted by atomic mass is 9.70. The molecule has 0 bridgehead atoms. The molecule has 1 aromatic rings. The van der Waals surface area contributed by atoms with Gasteiger partial charge in [0, 0.05) is 28.7 Å². The first-order valence-electron chi connectivity index (χ1n) is 9.10. The van der Waals surface area contributed by atoms with E-state index in [9.17, 15) is 0 Å². The van der Waals surface area contributed by atoms with Gasteiger partial charge in [0.25, 0.3) is 0 Å². The quantitative estimate of drug-likeness (QED) is 0.631. The molecule has 5 rings (SSSR count). The summed E-state index contributed by atoms with van der Waals surface area (Å²) in [6.07, 6.45) is 9.45. The second-order valence-corrected chi connectivity index (χ2v) is 7.61. The molecule has 4 aliphatic rings. The van der Waals surface area contributed by atoms with Gasteiger partial charge in [-0.05, 0) is 55.9 Å². The third kappa shape index (κ3) is 2.13. The van der Waals surface area contributed by atoms with Gasteiger partial charge in [0.15, 0.2) is 0 Å². The molecule has 0 radical (unpaired) electrons. The van der Waals surface area contributed by atoms with Crippen molar-refractivity contribution in [3.8, 4) is 0 Å². The molecule has 0 aromatic carbocycles. The van der Waals surface area contributed by atoms with Crippen molar-refractivity contribution in [2.45, 2.75) is 51.2 Å². The molecule has 2 aliphatic carbocycles. The molecule has 3 heterocycles. The third-order valence-corrected chi connectivity index (χ3v) is 6.06. The maximum absolute atomic E-state index is 6.35. The molecule has 4 unspecified atom stereocenters. The molecule has 5 N–H and O–H groups in total. The first kappa shape index (κ1) is 15.0. The van der Waals surface area contributed by atoms with Crippen LogP contribution in [-0.2, 0) is 0 Å². The van der Waals surface area contributed by atoms with Crippen LogP contribution in [0.4, 0.5) is 0 Å². The first-order chi connectivity index (χ1) is 12.1. The van der Waals surface area contributed by atoms with Gasteiger partial charge in [-0.15, -0.1) is 0 Å². The number of aromatic nitrogens is 2. The Bertz CT molecular complexity index is 855. The summed E-state index contributed by atoms with van der Waals surface area (Å²) in [6, 6.07) is 0.674. The number of aromatic amines is 1. The van der Waals surface area contributed by atoms with Gasteiger partial charge in [-0.2, -0.15) is 10.2 Å². The molecule has 0 fully saturated rings. The summed E-state index contributed by atoms with van der Waals surface area (Å²) in [5, 5.41) is 15.6. The lowest BCUT2D eigenvalue weighted by Crippen LogP contribution is -2.41. The van der Waals surface area contributed by atoms with Crippen molar-refractivity contribution >= 4 is 5.71 Å². The summed E-state index contributed by atoms with van der Waals surface area (Å²) in [7, 11) is 0. The van der Waals surface area contributed by atoms with Crippen LogP contribution in [0.3, 0.4) is 0 Å². The standard InChI is InChI=1S/C19H24N6/c1-9-14(8-21-23-9)19-13-7-11(20)3-4-12(13)18-15(22-19)5-6-16-17(18)10(2)24-25-16/h5-6,8,11,16-17,19,22,25H,3-4,7,20H2,1-2H3,(H,21,23). The van der Waals surface area contributed by atoms with Crippen LogP contribution in [0.25, 0.3) is 0 Å². The Morgan fingerprint density at radius 3 is 2.96 bits per heavy atom. The van der Waals surface area contributed by atoms with E-state index < -0.39 is 0 Å². The largest absolute Gasteiger partial charge is 0.374 e. The van der Waals surface area contributed by atoms with Crippen LogP contribution in [0.2, 0.25) is 0 Å². The van der Waals surface area contributed by atoms with Gasteiger partial charge in [0.1, 0.15) is 0 Å². The molecule has 25 heavy (non-hydrogen) atoms. The minimum atomic E-state index is 0.159. The van der Waals surface area contributed by atoms with Crippen molar-refractivity contribution < 1.29 is 0 Å². The normalized spacial score (nSPS) is 33.3. The number of hydrazone groups is 1. The zero-order chi connectivity index (χ0) is 17.1. The minimum absolute atomic E-state index is 0.159. The molecule has 0 amide bonds. The van der Waals surface area contributed by atoms with Crippen LogP contribution < -0.4 is 16.5 Å². The first-order valence-corrected chi connectivity index (χ1v) is 9.10. The number of hydrogen-bond donors (Lipinski definition) is 4. The fourth-order valence-electron chi connectivity index (χ4n) is 4.81. The Morgan fingerprint density at radius 2 is 2.16 bits per heavy atom. The fourth-order valence-corrected chi connectivity index (χ4v) is 4.81. The van der Waals surface area contributed by atoms with Gasteiger partial charge >= 0.3 is 0 Å². The molecule has 6 heteroatoms. The van der Waals surface area contributed by atoms with Crippen molar-refractivity contribution in [2.24, 2.45) is 16.8 Å². The summed E-state index contributed by atoms with van der Waals surface area (Å²) in [5.41, 5.74) is 18.7. The van der Waals surface area contributed by atoms with Crippen molar-refractivity contribution in [3.63, 3.8) is 0 Å². The molecule has 4 atom stereocenters. The van der Waals surface area contributed by atoms with Gasteiger partial charge in [-0.25, -0.2) is 0 Å². The van der Waals surface area contributed by atoms with E-state index in [1.807, 2.05) is 6.20 Å². The van der Waals surface area contributed by atoms with E-state index >= 15 is 0 Å². The number of allylic oxidation sites excluding steroid dienone is 2. The highest BCUT2D eigenvalue weighted by Crippen LogP contribution is 2.47. The Balaban J connectivity index is 1.66. The molecule has 2 aliphatic heterocycles. The fraction of sp³-hybridized carbons (Fsp3) is 0.474. The highest BCUT2D eigenvalue weighted by molar-refractivity contribution is 5.91. The zero-order valence-electron chi connectivity index (χ0n) is 14.6. The number of nitrogens with two attached hydrogens (primary N) is 1. The van der Waals surface area contributed by atoms with Gasteiger partial charge in [-0.1, -0.05) is 6.08 Å². The van der Waals surface area contributed by atoms with E-state index in [1.165, 1.54) is 33.7 Å². The lowest BCUT2D eigenvalue weighted by molar-refractivity contribution is 0.489. The number of hydrogen-bond acceptors (Lipinski definition) is 5. The summed E-state index contributed by atoms with van der Waals surface area (Å²) < 4.78 is 0. The lowest BCUT2D eigenvalue weighted by Gasteiger charge is -2.41. The molecule has 6 nitrogen and oxygen atoms in total. The maximum atomic E-state index is 6.35. The van der Waals surface area contributed by atoms with E-state index in [4.69, 9.17) is 5.73 Å². The monoisotopic (exact) mass is 336 g/mol. The Kier molecular flexibility index (Phi) is 3.19. The summed E-state index contributed by atoms with van der Waals surface area (Å²) in [5.74, 6) is 0.332. The van der Waals surface area contributed by atoms with Crippen molar-refractivity contribution in [1.29, 1.82) is 0 Å². The van der Waals surface area contributed by atoms with E-state index in [1.54, 1.807) is 0 Å². The van der Waals surface area contributed by atoms with Crippen LogP contribution in [-0.4, -0.2) is 28.0 Å². The highest BCUT2D eigenvalue weighted by atomic mass is 15.3. The molecule has 0 saturated heterocycles. The van der Waals surface area contributed by atoms with Crippen molar-refractivity contribution in [3.05, 3.63) is 52.0 Å². The molecule has 130 valence electrons. The van der Waals surface area contributed by atoms with E-state index in [0.717, 1.165) is 25.0 Å². The van der Waals surface area contributed by atoms with Crippen LogP contribution in [0.5, 0.6) is 0 Å². The Morgan fingerprint density at radius 1 is 1.28 bits per heavy atom. The predicted octanol–water partition coefficient (Wildman–Crippen LogP) is 1.96. The number of H-pyrrole nitrogens is 1. The number of fused-ring (bicyclic) bond motifs is 3. The van der Waals surface area contributed by atoms with E-state index in [0.29, 0.717) is 5.92 Å². The van der Waals surface area contributed by atoms with E-state index in [2.05, 4.69) is 52.0 Å². The number of dihydropyridines is 1. The predicted molar refractivity (Wildman–Crippen MR) is 97.7 cm³/mol. The molecule has 0 saturated carbocycles. The average molecular weight is 336 g/mol. The van der Waals surface area contributed by atoms with Gasteiger partial charge in [-0.3, -0.25) is 5.10 Å². The molecule has 0 spiro atoms. The second-order valence-electron chi connectivity index (χ2n) is 7.61. The number of aryl methyl sites for hydroxylation is 1. The van der Waals surface area contributed by atoms with Crippen molar-refractivity contribution in [2.75, 3.05) is 0 Å². The second kappa shape index (κ2) is 5.33. The molecule has 1 aromatic heterocycles. The van der Waals surface area contributed by atoms with Gasteiger partial charge in [0.05, 0.1) is 24.2 Å². The SMILES string of the molecule is CC1=NNC2C=CC3=C(C4=C(CC(N)CC4)C(c4cn[nH]c4C)N3)C12. The van der Waals surface area contributed by atoms with Crippen molar-refractivity contribution in [1.82, 2.24) is 20.9 Å². The number of nitrogens with zero attached hydrogens (tertiary/aromatic N) is 2.